The van der Waals surface area contributed by atoms with Gasteiger partial charge in [0, 0.05) is 19.3 Å². The summed E-state index contributed by atoms with van der Waals surface area (Å²) >= 11 is 0. The quantitative estimate of drug-likeness (QED) is 0.824. The molecule has 3 rings (SSSR count). The van der Waals surface area contributed by atoms with E-state index in [-0.39, 0.29) is 0 Å². The second kappa shape index (κ2) is 5.97. The molecule has 19 heavy (non-hydrogen) atoms. The van der Waals surface area contributed by atoms with Crippen LogP contribution >= 0.6 is 0 Å². The van der Waals surface area contributed by atoms with Crippen LogP contribution in [0.3, 0.4) is 0 Å². The van der Waals surface area contributed by atoms with Crippen LogP contribution < -0.4 is 5.32 Å². The lowest BCUT2D eigenvalue weighted by atomic mass is 10.1. The van der Waals surface area contributed by atoms with Crippen LogP contribution in [0.2, 0.25) is 0 Å². The maximum absolute atomic E-state index is 4.20. The first kappa shape index (κ1) is 12.4. The van der Waals surface area contributed by atoms with Crippen LogP contribution in [-0.4, -0.2) is 21.5 Å². The second-order valence-electron chi connectivity index (χ2n) is 5.28. The lowest BCUT2D eigenvalue weighted by Crippen LogP contribution is -2.16. The molecule has 1 aliphatic rings. The van der Waals surface area contributed by atoms with Crippen molar-refractivity contribution in [2.24, 2.45) is 5.92 Å². The van der Waals surface area contributed by atoms with Crippen molar-refractivity contribution in [2.75, 3.05) is 6.54 Å². The van der Waals surface area contributed by atoms with E-state index in [1.807, 2.05) is 16.9 Å². The summed E-state index contributed by atoms with van der Waals surface area (Å²) in [5.74, 6) is 0.910. The van der Waals surface area contributed by atoms with Crippen molar-refractivity contribution >= 4 is 0 Å². The topological polar surface area (TPSA) is 42.7 Å². The third kappa shape index (κ3) is 3.89. The van der Waals surface area contributed by atoms with Gasteiger partial charge in [0.15, 0.2) is 0 Å². The van der Waals surface area contributed by atoms with Gasteiger partial charge in [-0.1, -0.05) is 35.5 Å². The summed E-state index contributed by atoms with van der Waals surface area (Å²) in [4.78, 5) is 0. The first-order valence-electron chi connectivity index (χ1n) is 7.04. The Bertz CT molecular complexity index is 502. The molecule has 0 amide bonds. The molecule has 2 aromatic rings. The summed E-state index contributed by atoms with van der Waals surface area (Å²) in [5.41, 5.74) is 2.38. The first-order chi connectivity index (χ1) is 9.40. The van der Waals surface area contributed by atoms with Gasteiger partial charge in [0.25, 0.3) is 0 Å². The molecule has 0 spiro atoms. The van der Waals surface area contributed by atoms with Gasteiger partial charge in [-0.25, -0.2) is 0 Å². The largest absolute Gasteiger partial charge is 0.311 e. The highest BCUT2D eigenvalue weighted by atomic mass is 15.4. The van der Waals surface area contributed by atoms with E-state index >= 15 is 0 Å². The highest BCUT2D eigenvalue weighted by Gasteiger charge is 2.20. The Hall–Kier alpha value is -1.68. The Morgan fingerprint density at radius 2 is 2.05 bits per heavy atom. The van der Waals surface area contributed by atoms with E-state index in [2.05, 4.69) is 39.9 Å². The van der Waals surface area contributed by atoms with Gasteiger partial charge >= 0.3 is 0 Å². The van der Waals surface area contributed by atoms with Gasteiger partial charge in [-0.05, 0) is 37.3 Å². The number of rotatable bonds is 7. The fraction of sp³-hybridized carbons (Fsp3) is 0.467. The van der Waals surface area contributed by atoms with Crippen LogP contribution in [0.15, 0.2) is 36.5 Å². The Balaban J connectivity index is 1.44. The highest BCUT2D eigenvalue weighted by Crippen LogP contribution is 2.27. The fourth-order valence-electron chi connectivity index (χ4n) is 2.14. The Morgan fingerprint density at radius 1 is 1.21 bits per heavy atom. The highest BCUT2D eigenvalue weighted by molar-refractivity contribution is 5.14. The normalized spacial score (nSPS) is 14.7. The van der Waals surface area contributed by atoms with Crippen molar-refractivity contribution in [1.29, 1.82) is 0 Å². The number of hydrogen-bond donors (Lipinski definition) is 1. The minimum absolute atomic E-state index is 0.835. The molecule has 4 nitrogen and oxygen atoms in total. The molecule has 0 radical (unpaired) electrons. The van der Waals surface area contributed by atoms with Gasteiger partial charge in [0.2, 0.25) is 0 Å². The van der Waals surface area contributed by atoms with Crippen LogP contribution in [-0.2, 0) is 19.5 Å². The van der Waals surface area contributed by atoms with Crippen molar-refractivity contribution < 1.29 is 0 Å². The maximum atomic E-state index is 4.20. The van der Waals surface area contributed by atoms with E-state index in [1.165, 1.54) is 18.4 Å². The average molecular weight is 256 g/mol. The van der Waals surface area contributed by atoms with Crippen molar-refractivity contribution in [3.63, 3.8) is 0 Å². The lowest BCUT2D eigenvalue weighted by Gasteiger charge is -2.01. The van der Waals surface area contributed by atoms with Gasteiger partial charge in [0.05, 0.1) is 5.69 Å². The van der Waals surface area contributed by atoms with E-state index in [9.17, 15) is 0 Å². The predicted molar refractivity (Wildman–Crippen MR) is 74.6 cm³/mol. The van der Waals surface area contributed by atoms with Crippen molar-refractivity contribution in [3.8, 4) is 0 Å². The summed E-state index contributed by atoms with van der Waals surface area (Å²) in [6.07, 6.45) is 5.81. The number of nitrogens with zero attached hydrogens (tertiary/aromatic N) is 3. The third-order valence-corrected chi connectivity index (χ3v) is 3.49. The van der Waals surface area contributed by atoms with Gasteiger partial charge in [0.1, 0.15) is 0 Å². The zero-order valence-electron chi connectivity index (χ0n) is 11.1. The second-order valence-corrected chi connectivity index (χ2v) is 5.28. The lowest BCUT2D eigenvalue weighted by molar-refractivity contribution is 0.588. The van der Waals surface area contributed by atoms with Crippen LogP contribution in [0.4, 0.5) is 0 Å². The number of aryl methyl sites for hydroxylation is 2. The minimum Gasteiger partial charge on any atom is -0.311 e. The van der Waals surface area contributed by atoms with Gasteiger partial charge < -0.3 is 5.32 Å². The van der Waals surface area contributed by atoms with E-state index in [0.29, 0.717) is 0 Å². The number of aromatic nitrogens is 3. The zero-order chi connectivity index (χ0) is 12.9. The standard InChI is InChI=1S/C15H20N4/c1-2-4-13(5-3-1)8-9-19-12-15(17-18-19)11-16-10-14-6-7-14/h1-5,12,14,16H,6-11H2. The zero-order valence-corrected chi connectivity index (χ0v) is 11.1. The summed E-state index contributed by atoms with van der Waals surface area (Å²) < 4.78 is 1.93. The smallest absolute Gasteiger partial charge is 0.0964 e. The molecule has 1 aliphatic carbocycles. The van der Waals surface area contributed by atoms with Crippen LogP contribution in [0, 0.1) is 5.92 Å². The van der Waals surface area contributed by atoms with E-state index in [1.54, 1.807) is 0 Å². The van der Waals surface area contributed by atoms with E-state index in [0.717, 1.165) is 37.7 Å². The van der Waals surface area contributed by atoms with Crippen LogP contribution in [0.25, 0.3) is 0 Å². The first-order valence-corrected chi connectivity index (χ1v) is 7.04. The molecule has 0 aliphatic heterocycles. The molecule has 0 atom stereocenters. The van der Waals surface area contributed by atoms with Gasteiger partial charge in [-0.15, -0.1) is 5.10 Å². The molecule has 1 heterocycles. The summed E-state index contributed by atoms with van der Waals surface area (Å²) in [5, 5.41) is 11.8. The summed E-state index contributed by atoms with van der Waals surface area (Å²) in [6.45, 7) is 2.85. The molecule has 0 saturated heterocycles. The van der Waals surface area contributed by atoms with E-state index < -0.39 is 0 Å². The van der Waals surface area contributed by atoms with Gasteiger partial charge in [-0.3, -0.25) is 4.68 Å². The molecule has 1 aromatic carbocycles. The summed E-state index contributed by atoms with van der Waals surface area (Å²) in [7, 11) is 0. The third-order valence-electron chi connectivity index (χ3n) is 3.49. The SMILES string of the molecule is c1ccc(CCn2cc(CNCC3CC3)nn2)cc1. The molecule has 100 valence electrons. The van der Waals surface area contributed by atoms with Crippen LogP contribution in [0.5, 0.6) is 0 Å². The van der Waals surface area contributed by atoms with Crippen molar-refractivity contribution in [2.45, 2.75) is 32.4 Å². The molecule has 1 N–H and O–H groups in total. The molecule has 0 bridgehead atoms. The maximum Gasteiger partial charge on any atom is 0.0964 e. The van der Waals surface area contributed by atoms with E-state index in [4.69, 9.17) is 0 Å². The molecular formula is C15H20N4. The molecule has 1 fully saturated rings. The van der Waals surface area contributed by atoms with Gasteiger partial charge in [-0.2, -0.15) is 0 Å². The minimum atomic E-state index is 0.835. The molecule has 0 unspecified atom stereocenters. The monoisotopic (exact) mass is 256 g/mol. The fourth-order valence-corrected chi connectivity index (χ4v) is 2.14. The molecular weight excluding hydrogens is 236 g/mol. The number of nitrogens with one attached hydrogen (secondary N) is 1. The predicted octanol–water partition coefficient (Wildman–Crippen LogP) is 2.02. The Labute approximate surface area is 113 Å². The summed E-state index contributed by atoms with van der Waals surface area (Å²) in [6, 6.07) is 10.5. The Morgan fingerprint density at radius 3 is 2.84 bits per heavy atom. The van der Waals surface area contributed by atoms with Crippen molar-refractivity contribution in [1.82, 2.24) is 20.3 Å². The van der Waals surface area contributed by atoms with Crippen LogP contribution in [0.1, 0.15) is 24.1 Å². The number of hydrogen-bond acceptors (Lipinski definition) is 3. The van der Waals surface area contributed by atoms with Crippen molar-refractivity contribution in [3.05, 3.63) is 47.8 Å². The average Bonchev–Trinajstić information content (AvgIpc) is 3.16. The molecule has 1 saturated carbocycles. The number of benzene rings is 1. The molecule has 4 heteroatoms. The molecule has 1 aromatic heterocycles. The Kier molecular flexibility index (Phi) is 3.89.